The zero-order valence-corrected chi connectivity index (χ0v) is 14.6. The van der Waals surface area contributed by atoms with Crippen molar-refractivity contribution in [1.82, 2.24) is 15.2 Å². The molecule has 5 nitrogen and oxygen atoms in total. The van der Waals surface area contributed by atoms with Crippen molar-refractivity contribution in [2.75, 3.05) is 13.2 Å². The standard InChI is InChI=1S/C20H25N3O2/c1-15-19(9-4-10-21-15)20(25)22-12-16-6-2-3-7-17(16)13-23-11-5-8-18(23)14-24/h2-4,6-7,9-10,18,24H,5,8,11-14H2,1H3,(H,22,25). The quantitative estimate of drug-likeness (QED) is 0.847. The monoisotopic (exact) mass is 339 g/mol. The van der Waals surface area contributed by atoms with E-state index in [0.717, 1.165) is 37.2 Å². The van der Waals surface area contributed by atoms with Gasteiger partial charge in [-0.3, -0.25) is 14.7 Å². The zero-order valence-electron chi connectivity index (χ0n) is 14.6. The van der Waals surface area contributed by atoms with Gasteiger partial charge in [-0.2, -0.15) is 0 Å². The fourth-order valence-corrected chi connectivity index (χ4v) is 3.41. The van der Waals surface area contributed by atoms with Gasteiger partial charge in [-0.05, 0) is 49.6 Å². The van der Waals surface area contributed by atoms with Crippen LogP contribution in [0, 0.1) is 6.92 Å². The Hall–Kier alpha value is -2.24. The Labute approximate surface area is 148 Å². The predicted octanol–water partition coefficient (Wildman–Crippen LogP) is 2.28. The minimum atomic E-state index is -0.102. The maximum absolute atomic E-state index is 12.4. The molecule has 0 bridgehead atoms. The van der Waals surface area contributed by atoms with E-state index >= 15 is 0 Å². The summed E-state index contributed by atoms with van der Waals surface area (Å²) in [5, 5.41) is 12.5. The largest absolute Gasteiger partial charge is 0.395 e. The van der Waals surface area contributed by atoms with Crippen molar-refractivity contribution in [3.05, 3.63) is 65.0 Å². The number of aliphatic hydroxyl groups excluding tert-OH is 1. The Balaban J connectivity index is 1.67. The third-order valence-electron chi connectivity index (χ3n) is 4.89. The SMILES string of the molecule is Cc1ncccc1C(=O)NCc1ccccc1CN1CCCC1CO. The van der Waals surface area contributed by atoms with Gasteiger partial charge in [-0.25, -0.2) is 0 Å². The van der Waals surface area contributed by atoms with Crippen LogP contribution in [0.2, 0.25) is 0 Å². The number of hydrogen-bond acceptors (Lipinski definition) is 4. The third-order valence-corrected chi connectivity index (χ3v) is 4.89. The molecule has 0 radical (unpaired) electrons. The summed E-state index contributed by atoms with van der Waals surface area (Å²) < 4.78 is 0. The van der Waals surface area contributed by atoms with Crippen LogP contribution in [-0.4, -0.2) is 40.1 Å². The van der Waals surface area contributed by atoms with Gasteiger partial charge in [0.15, 0.2) is 0 Å². The van der Waals surface area contributed by atoms with Crippen LogP contribution in [-0.2, 0) is 13.1 Å². The van der Waals surface area contributed by atoms with Gasteiger partial charge in [0.25, 0.3) is 5.91 Å². The first-order chi connectivity index (χ1) is 12.2. The highest BCUT2D eigenvalue weighted by atomic mass is 16.3. The highest BCUT2D eigenvalue weighted by Gasteiger charge is 2.24. The van der Waals surface area contributed by atoms with E-state index in [4.69, 9.17) is 0 Å². The lowest BCUT2D eigenvalue weighted by Gasteiger charge is -2.24. The molecule has 0 aliphatic carbocycles. The van der Waals surface area contributed by atoms with Crippen LogP contribution in [0.25, 0.3) is 0 Å². The number of likely N-dealkylation sites (tertiary alicyclic amines) is 1. The van der Waals surface area contributed by atoms with Gasteiger partial charge >= 0.3 is 0 Å². The molecule has 0 spiro atoms. The summed E-state index contributed by atoms with van der Waals surface area (Å²) in [5.74, 6) is -0.102. The number of aromatic nitrogens is 1. The Morgan fingerprint density at radius 1 is 1.28 bits per heavy atom. The maximum Gasteiger partial charge on any atom is 0.253 e. The molecular weight excluding hydrogens is 314 g/mol. The maximum atomic E-state index is 12.4. The highest BCUT2D eigenvalue weighted by molar-refractivity contribution is 5.95. The number of aliphatic hydroxyl groups is 1. The molecule has 1 atom stereocenters. The number of pyridine rings is 1. The van der Waals surface area contributed by atoms with E-state index in [1.54, 1.807) is 18.3 Å². The summed E-state index contributed by atoms with van der Waals surface area (Å²) in [5.41, 5.74) is 3.66. The molecule has 2 N–H and O–H groups in total. The van der Waals surface area contributed by atoms with Crippen molar-refractivity contribution in [2.24, 2.45) is 0 Å². The van der Waals surface area contributed by atoms with Crippen molar-refractivity contribution in [3.8, 4) is 0 Å². The molecule has 25 heavy (non-hydrogen) atoms. The second-order valence-corrected chi connectivity index (χ2v) is 6.54. The van der Waals surface area contributed by atoms with Crippen LogP contribution >= 0.6 is 0 Å². The Morgan fingerprint density at radius 3 is 2.84 bits per heavy atom. The number of hydrogen-bond donors (Lipinski definition) is 2. The fourth-order valence-electron chi connectivity index (χ4n) is 3.41. The first kappa shape index (κ1) is 17.6. The molecule has 1 aliphatic heterocycles. The van der Waals surface area contributed by atoms with E-state index in [-0.39, 0.29) is 18.6 Å². The molecule has 2 heterocycles. The highest BCUT2D eigenvalue weighted by Crippen LogP contribution is 2.21. The number of benzene rings is 1. The summed E-state index contributed by atoms with van der Waals surface area (Å²) >= 11 is 0. The van der Waals surface area contributed by atoms with E-state index < -0.39 is 0 Å². The van der Waals surface area contributed by atoms with Crippen molar-refractivity contribution < 1.29 is 9.90 Å². The van der Waals surface area contributed by atoms with Crippen LogP contribution in [0.15, 0.2) is 42.6 Å². The average molecular weight is 339 g/mol. The zero-order chi connectivity index (χ0) is 17.6. The fraction of sp³-hybridized carbons (Fsp3) is 0.400. The number of nitrogens with one attached hydrogen (secondary N) is 1. The molecule has 1 aliphatic rings. The second-order valence-electron chi connectivity index (χ2n) is 6.54. The molecule has 0 saturated carbocycles. The van der Waals surface area contributed by atoms with Crippen molar-refractivity contribution in [3.63, 3.8) is 0 Å². The lowest BCUT2D eigenvalue weighted by molar-refractivity contribution is 0.0949. The van der Waals surface area contributed by atoms with Gasteiger partial charge < -0.3 is 10.4 Å². The first-order valence-corrected chi connectivity index (χ1v) is 8.80. The number of carbonyl (C=O) groups excluding carboxylic acids is 1. The van der Waals surface area contributed by atoms with Gasteiger partial charge in [0.1, 0.15) is 0 Å². The molecule has 1 aromatic carbocycles. The van der Waals surface area contributed by atoms with Gasteiger partial charge in [0.2, 0.25) is 0 Å². The lowest BCUT2D eigenvalue weighted by Crippen LogP contribution is -2.32. The Morgan fingerprint density at radius 2 is 2.08 bits per heavy atom. The van der Waals surface area contributed by atoms with Gasteiger partial charge in [0, 0.05) is 31.0 Å². The molecule has 3 rings (SSSR count). The van der Waals surface area contributed by atoms with Crippen LogP contribution in [0.5, 0.6) is 0 Å². The summed E-state index contributed by atoms with van der Waals surface area (Å²) in [6.07, 6.45) is 3.87. The molecule has 1 unspecified atom stereocenters. The predicted molar refractivity (Wildman–Crippen MR) is 97.1 cm³/mol. The summed E-state index contributed by atoms with van der Waals surface area (Å²) in [6.45, 7) is 4.36. The number of aryl methyl sites for hydroxylation is 1. The van der Waals surface area contributed by atoms with Gasteiger partial charge in [0.05, 0.1) is 12.2 Å². The molecule has 2 aromatic rings. The third kappa shape index (κ3) is 4.24. The first-order valence-electron chi connectivity index (χ1n) is 8.80. The summed E-state index contributed by atoms with van der Waals surface area (Å²) in [7, 11) is 0. The Kier molecular flexibility index (Phi) is 5.79. The summed E-state index contributed by atoms with van der Waals surface area (Å²) in [6, 6.07) is 12.0. The van der Waals surface area contributed by atoms with Crippen molar-refractivity contribution in [1.29, 1.82) is 0 Å². The smallest absolute Gasteiger partial charge is 0.253 e. The van der Waals surface area contributed by atoms with Gasteiger partial charge in [-0.1, -0.05) is 24.3 Å². The summed E-state index contributed by atoms with van der Waals surface area (Å²) in [4.78, 5) is 18.9. The van der Waals surface area contributed by atoms with E-state index in [1.807, 2.05) is 19.1 Å². The molecule has 1 aromatic heterocycles. The molecular formula is C20H25N3O2. The van der Waals surface area contributed by atoms with E-state index in [9.17, 15) is 9.90 Å². The van der Waals surface area contributed by atoms with Crippen LogP contribution < -0.4 is 5.32 Å². The Bertz CT molecular complexity index is 732. The molecule has 1 saturated heterocycles. The molecule has 132 valence electrons. The number of carbonyl (C=O) groups is 1. The number of nitrogens with zero attached hydrogens (tertiary/aromatic N) is 2. The molecule has 1 amide bonds. The van der Waals surface area contributed by atoms with Crippen LogP contribution in [0.1, 0.15) is 40.0 Å². The lowest BCUT2D eigenvalue weighted by atomic mass is 10.1. The van der Waals surface area contributed by atoms with E-state index in [1.165, 1.54) is 5.56 Å². The molecule has 1 fully saturated rings. The number of amides is 1. The second kappa shape index (κ2) is 8.23. The average Bonchev–Trinajstić information content (AvgIpc) is 3.08. The van der Waals surface area contributed by atoms with E-state index in [0.29, 0.717) is 12.1 Å². The minimum absolute atomic E-state index is 0.102. The van der Waals surface area contributed by atoms with Crippen LogP contribution in [0.3, 0.4) is 0 Å². The normalized spacial score (nSPS) is 17.6. The topological polar surface area (TPSA) is 65.5 Å². The van der Waals surface area contributed by atoms with Crippen molar-refractivity contribution >= 4 is 5.91 Å². The van der Waals surface area contributed by atoms with Crippen molar-refractivity contribution in [2.45, 2.75) is 38.9 Å². The van der Waals surface area contributed by atoms with Crippen LogP contribution in [0.4, 0.5) is 0 Å². The van der Waals surface area contributed by atoms with Gasteiger partial charge in [-0.15, -0.1) is 0 Å². The number of rotatable bonds is 6. The molecule has 5 heteroatoms. The minimum Gasteiger partial charge on any atom is -0.395 e. The van der Waals surface area contributed by atoms with E-state index in [2.05, 4.69) is 27.3 Å².